The Hall–Kier alpha value is -2.69. The van der Waals surface area contributed by atoms with Crippen LogP contribution in [0.3, 0.4) is 0 Å². The fourth-order valence-electron chi connectivity index (χ4n) is 2.29. The van der Waals surface area contributed by atoms with Crippen LogP contribution in [0.15, 0.2) is 48.7 Å². The van der Waals surface area contributed by atoms with E-state index in [1.807, 2.05) is 6.07 Å². The summed E-state index contributed by atoms with van der Waals surface area (Å²) >= 11 is 0. The van der Waals surface area contributed by atoms with E-state index in [1.54, 1.807) is 22.9 Å². The maximum atomic E-state index is 13.2. The highest BCUT2D eigenvalue weighted by molar-refractivity contribution is 5.93. The third kappa shape index (κ3) is 2.50. The molecule has 0 aliphatic rings. The predicted molar refractivity (Wildman–Crippen MR) is 74.4 cm³/mol. The van der Waals surface area contributed by atoms with E-state index in [4.69, 9.17) is 5.11 Å². The van der Waals surface area contributed by atoms with E-state index in [0.717, 1.165) is 23.0 Å². The van der Waals surface area contributed by atoms with Gasteiger partial charge in [-0.2, -0.15) is 0 Å². The second-order valence-corrected chi connectivity index (χ2v) is 4.77. The molecule has 1 N–H and O–H groups in total. The van der Waals surface area contributed by atoms with Crippen molar-refractivity contribution in [3.8, 4) is 0 Å². The zero-order chi connectivity index (χ0) is 15.0. The topological polar surface area (TPSA) is 42.2 Å². The van der Waals surface area contributed by atoms with Gasteiger partial charge in [-0.25, -0.2) is 13.6 Å². The fraction of sp³-hybridized carbons (Fsp3) is 0.0625. The molecular formula is C16H11F2NO2. The molecule has 106 valence electrons. The minimum atomic E-state index is -1.00. The Bertz CT molecular complexity index is 839. The Morgan fingerprint density at radius 3 is 2.57 bits per heavy atom. The third-order valence-corrected chi connectivity index (χ3v) is 3.36. The van der Waals surface area contributed by atoms with Crippen molar-refractivity contribution in [2.24, 2.45) is 0 Å². The highest BCUT2D eigenvalue weighted by atomic mass is 19.2. The maximum Gasteiger partial charge on any atom is 0.335 e. The zero-order valence-corrected chi connectivity index (χ0v) is 10.9. The van der Waals surface area contributed by atoms with Gasteiger partial charge in [-0.05, 0) is 41.3 Å². The number of fused-ring (bicyclic) bond motifs is 1. The van der Waals surface area contributed by atoms with Crippen LogP contribution >= 0.6 is 0 Å². The average Bonchev–Trinajstić information content (AvgIpc) is 2.85. The van der Waals surface area contributed by atoms with Crippen molar-refractivity contribution < 1.29 is 18.7 Å². The molecule has 3 nitrogen and oxygen atoms in total. The normalized spacial score (nSPS) is 11.0. The van der Waals surface area contributed by atoms with Gasteiger partial charge in [-0.1, -0.05) is 12.1 Å². The number of aromatic carboxylic acids is 1. The van der Waals surface area contributed by atoms with Gasteiger partial charge in [0.2, 0.25) is 0 Å². The Labute approximate surface area is 119 Å². The van der Waals surface area contributed by atoms with E-state index in [9.17, 15) is 13.6 Å². The van der Waals surface area contributed by atoms with Crippen LogP contribution < -0.4 is 0 Å². The summed E-state index contributed by atoms with van der Waals surface area (Å²) in [6.45, 7) is 0.337. The molecule has 0 amide bonds. The van der Waals surface area contributed by atoms with Crippen molar-refractivity contribution in [1.82, 2.24) is 4.57 Å². The summed E-state index contributed by atoms with van der Waals surface area (Å²) in [5.74, 6) is -2.78. The first-order valence-corrected chi connectivity index (χ1v) is 6.31. The highest BCUT2D eigenvalue weighted by Crippen LogP contribution is 2.20. The van der Waals surface area contributed by atoms with Crippen molar-refractivity contribution in [1.29, 1.82) is 0 Å². The van der Waals surface area contributed by atoms with Crippen LogP contribution in [-0.2, 0) is 6.54 Å². The van der Waals surface area contributed by atoms with Gasteiger partial charge in [0.1, 0.15) is 0 Å². The lowest BCUT2D eigenvalue weighted by Crippen LogP contribution is -2.01. The van der Waals surface area contributed by atoms with Crippen LogP contribution in [0.1, 0.15) is 15.9 Å². The second-order valence-electron chi connectivity index (χ2n) is 4.77. The van der Waals surface area contributed by atoms with Gasteiger partial charge >= 0.3 is 5.97 Å². The minimum Gasteiger partial charge on any atom is -0.478 e. The molecule has 0 saturated heterocycles. The van der Waals surface area contributed by atoms with Gasteiger partial charge in [-0.3, -0.25) is 0 Å². The molecule has 3 aromatic rings. The zero-order valence-electron chi connectivity index (χ0n) is 10.9. The summed E-state index contributed by atoms with van der Waals surface area (Å²) in [5.41, 5.74) is 1.53. The molecule has 3 rings (SSSR count). The molecular weight excluding hydrogens is 276 g/mol. The molecule has 0 saturated carbocycles. The largest absolute Gasteiger partial charge is 0.478 e. The van der Waals surface area contributed by atoms with Crippen molar-refractivity contribution in [2.75, 3.05) is 0 Å². The van der Waals surface area contributed by atoms with Gasteiger partial charge < -0.3 is 9.67 Å². The molecule has 5 heteroatoms. The Morgan fingerprint density at radius 1 is 1.05 bits per heavy atom. The molecule has 1 aromatic heterocycles. The number of carboxylic acid groups (broad SMARTS) is 1. The summed E-state index contributed by atoms with van der Waals surface area (Å²) < 4.78 is 28.0. The number of hydrogen-bond acceptors (Lipinski definition) is 1. The molecule has 1 heterocycles. The van der Waals surface area contributed by atoms with Gasteiger partial charge in [-0.15, -0.1) is 0 Å². The summed E-state index contributed by atoms with van der Waals surface area (Å²) in [4.78, 5) is 11.0. The monoisotopic (exact) mass is 287 g/mol. The fourth-order valence-corrected chi connectivity index (χ4v) is 2.29. The molecule has 0 spiro atoms. The van der Waals surface area contributed by atoms with Gasteiger partial charge in [0.15, 0.2) is 11.6 Å². The Balaban J connectivity index is 2.01. The van der Waals surface area contributed by atoms with E-state index in [0.29, 0.717) is 12.1 Å². The van der Waals surface area contributed by atoms with Crippen molar-refractivity contribution in [2.45, 2.75) is 6.54 Å². The summed E-state index contributed by atoms with van der Waals surface area (Å²) in [7, 11) is 0. The van der Waals surface area contributed by atoms with Crippen LogP contribution in [0.4, 0.5) is 8.78 Å². The van der Waals surface area contributed by atoms with E-state index < -0.39 is 17.6 Å². The number of nitrogens with zero attached hydrogens (tertiary/aromatic N) is 1. The number of carbonyl (C=O) groups is 1. The second kappa shape index (κ2) is 5.01. The van der Waals surface area contributed by atoms with E-state index in [1.165, 1.54) is 12.1 Å². The Kier molecular flexibility index (Phi) is 3.17. The summed E-state index contributed by atoms with van der Waals surface area (Å²) in [5, 5.41) is 9.92. The molecule has 0 atom stereocenters. The quantitative estimate of drug-likeness (QED) is 0.798. The SMILES string of the molecule is O=C(O)c1ccc2ccn(Cc3ccc(F)c(F)c3)c2c1. The van der Waals surface area contributed by atoms with Gasteiger partial charge in [0.05, 0.1) is 5.56 Å². The van der Waals surface area contributed by atoms with Crippen LogP contribution in [0, 0.1) is 11.6 Å². The minimum absolute atomic E-state index is 0.188. The molecule has 0 unspecified atom stereocenters. The molecule has 0 aliphatic carbocycles. The summed E-state index contributed by atoms with van der Waals surface area (Å²) in [6, 6.07) is 10.4. The van der Waals surface area contributed by atoms with E-state index in [-0.39, 0.29) is 5.56 Å². The predicted octanol–water partition coefficient (Wildman–Crippen LogP) is 3.67. The number of carboxylic acids is 1. The number of aromatic nitrogens is 1. The van der Waals surface area contributed by atoms with Crippen molar-refractivity contribution >= 4 is 16.9 Å². The van der Waals surface area contributed by atoms with Crippen LogP contribution in [0.2, 0.25) is 0 Å². The first-order valence-electron chi connectivity index (χ1n) is 6.31. The Morgan fingerprint density at radius 2 is 1.86 bits per heavy atom. The van der Waals surface area contributed by atoms with Crippen molar-refractivity contribution in [3.05, 3.63) is 71.4 Å². The van der Waals surface area contributed by atoms with Gasteiger partial charge in [0, 0.05) is 18.3 Å². The number of benzene rings is 2. The van der Waals surface area contributed by atoms with Crippen molar-refractivity contribution in [3.63, 3.8) is 0 Å². The number of hydrogen-bond donors (Lipinski definition) is 1. The first kappa shape index (κ1) is 13.3. The molecule has 0 fully saturated rings. The lowest BCUT2D eigenvalue weighted by molar-refractivity contribution is 0.0697. The van der Waals surface area contributed by atoms with Crippen LogP contribution in [0.25, 0.3) is 10.9 Å². The van der Waals surface area contributed by atoms with Crippen LogP contribution in [-0.4, -0.2) is 15.6 Å². The third-order valence-electron chi connectivity index (χ3n) is 3.36. The molecule has 0 bridgehead atoms. The molecule has 2 aromatic carbocycles. The summed E-state index contributed by atoms with van der Waals surface area (Å²) in [6.07, 6.45) is 1.79. The lowest BCUT2D eigenvalue weighted by atomic mass is 10.1. The molecule has 0 radical (unpaired) electrons. The highest BCUT2D eigenvalue weighted by Gasteiger charge is 2.08. The number of rotatable bonds is 3. The average molecular weight is 287 g/mol. The molecule has 21 heavy (non-hydrogen) atoms. The number of halogens is 2. The smallest absolute Gasteiger partial charge is 0.335 e. The van der Waals surface area contributed by atoms with Gasteiger partial charge in [0.25, 0.3) is 0 Å². The lowest BCUT2D eigenvalue weighted by Gasteiger charge is -2.07. The van der Waals surface area contributed by atoms with Crippen LogP contribution in [0.5, 0.6) is 0 Å². The standard InChI is InChI=1S/C16H11F2NO2/c17-13-4-1-10(7-14(13)18)9-19-6-5-11-2-3-12(16(20)21)8-15(11)19/h1-8H,9H2,(H,20,21). The van der Waals surface area contributed by atoms with E-state index >= 15 is 0 Å². The molecule has 0 aliphatic heterocycles. The van der Waals surface area contributed by atoms with E-state index in [2.05, 4.69) is 0 Å². The first-order chi connectivity index (χ1) is 10.0. The maximum absolute atomic E-state index is 13.2.